The van der Waals surface area contributed by atoms with Crippen LogP contribution in [0.4, 0.5) is 32.0 Å². The first-order valence-corrected chi connectivity index (χ1v) is 15.5. The maximum Gasteiger partial charge on any atom is 0.416 e. The Kier molecular flexibility index (Phi) is 8.88. The third-order valence-electron chi connectivity index (χ3n) is 9.30. The number of aliphatic hydroxyl groups is 1. The van der Waals surface area contributed by atoms with E-state index in [-0.39, 0.29) is 31.6 Å². The van der Waals surface area contributed by atoms with E-state index in [4.69, 9.17) is 9.15 Å². The molecule has 0 unspecified atom stereocenters. The number of ether oxygens (including phenoxy) is 1. The lowest BCUT2D eigenvalue weighted by molar-refractivity contribution is -0.143. The Balaban J connectivity index is 1.31. The summed E-state index contributed by atoms with van der Waals surface area (Å²) in [6.45, 7) is 3.69. The number of anilines is 1. The van der Waals surface area contributed by atoms with Crippen LogP contribution < -0.4 is 4.90 Å². The van der Waals surface area contributed by atoms with Gasteiger partial charge in [0.2, 0.25) is 11.8 Å². The van der Waals surface area contributed by atoms with Crippen LogP contribution in [0.5, 0.6) is 0 Å². The molecule has 13 heteroatoms. The van der Waals surface area contributed by atoms with E-state index in [0.717, 1.165) is 16.7 Å². The number of nitrogens with zero attached hydrogens (tertiary/aromatic N) is 2. The van der Waals surface area contributed by atoms with Crippen molar-refractivity contribution in [2.24, 2.45) is 23.7 Å². The summed E-state index contributed by atoms with van der Waals surface area (Å²) in [6.07, 6.45) is -6.18. The first-order chi connectivity index (χ1) is 22.7. The lowest BCUT2D eigenvalue weighted by Gasteiger charge is -2.33. The molecule has 0 saturated carbocycles. The van der Waals surface area contributed by atoms with Crippen molar-refractivity contribution in [3.63, 3.8) is 0 Å². The number of hydrogen-bond acceptors (Lipinski definition) is 6. The van der Waals surface area contributed by atoms with Crippen LogP contribution in [0.2, 0.25) is 0 Å². The van der Waals surface area contributed by atoms with Gasteiger partial charge in [0.1, 0.15) is 18.1 Å². The number of pyridine rings is 1. The van der Waals surface area contributed by atoms with Gasteiger partial charge in [0, 0.05) is 12.1 Å². The van der Waals surface area contributed by atoms with Crippen molar-refractivity contribution in [2.45, 2.75) is 58.2 Å². The Morgan fingerprint density at radius 2 is 1.71 bits per heavy atom. The molecule has 3 aliphatic rings. The number of imide groups is 1. The quantitative estimate of drug-likeness (QED) is 0.150. The molecule has 2 amide bonds. The van der Waals surface area contributed by atoms with Crippen molar-refractivity contribution in [3.05, 3.63) is 94.2 Å². The van der Waals surface area contributed by atoms with Gasteiger partial charge in [0.25, 0.3) is 0 Å². The number of aliphatic hydroxyl groups excluding tert-OH is 1. The van der Waals surface area contributed by atoms with E-state index in [1.807, 2.05) is 32.1 Å². The van der Waals surface area contributed by atoms with Gasteiger partial charge in [0.05, 0.1) is 47.1 Å². The number of rotatable bonds is 8. The van der Waals surface area contributed by atoms with Gasteiger partial charge in [-0.1, -0.05) is 25.5 Å². The number of alkyl halides is 6. The molecule has 48 heavy (non-hydrogen) atoms. The van der Waals surface area contributed by atoms with Crippen LogP contribution in [0.1, 0.15) is 61.5 Å². The van der Waals surface area contributed by atoms with E-state index in [9.17, 15) is 41.0 Å². The molecule has 4 atom stereocenters. The molecule has 2 aliphatic heterocycles. The van der Waals surface area contributed by atoms with Crippen molar-refractivity contribution < 1.29 is 50.2 Å². The number of furan rings is 1. The van der Waals surface area contributed by atoms with Gasteiger partial charge in [-0.2, -0.15) is 26.3 Å². The Morgan fingerprint density at radius 3 is 2.29 bits per heavy atom. The molecule has 0 spiro atoms. The Hall–Kier alpha value is -4.23. The van der Waals surface area contributed by atoms with Gasteiger partial charge >= 0.3 is 12.4 Å². The molecule has 2 aromatic heterocycles. The highest BCUT2D eigenvalue weighted by Gasteiger charge is 2.58. The van der Waals surface area contributed by atoms with Crippen molar-refractivity contribution in [3.8, 4) is 0 Å². The monoisotopic (exact) mass is 674 g/mol. The summed E-state index contributed by atoms with van der Waals surface area (Å²) < 4.78 is 93.8. The summed E-state index contributed by atoms with van der Waals surface area (Å²) in [4.78, 5) is 32.6. The van der Waals surface area contributed by atoms with E-state index < -0.39 is 64.8 Å². The Bertz CT molecular complexity index is 1740. The molecule has 3 aromatic rings. The van der Waals surface area contributed by atoms with Gasteiger partial charge < -0.3 is 14.3 Å². The molecule has 254 valence electrons. The second kappa shape index (κ2) is 12.7. The molecule has 1 aliphatic carbocycles. The number of allylic oxidation sites excluding steroid dienone is 2. The average molecular weight is 675 g/mol. The van der Waals surface area contributed by atoms with Crippen molar-refractivity contribution in [2.75, 3.05) is 11.5 Å². The number of aromatic nitrogens is 1. The predicted octanol–water partition coefficient (Wildman–Crippen LogP) is 7.70. The van der Waals surface area contributed by atoms with Crippen LogP contribution in [0.3, 0.4) is 0 Å². The molecule has 1 aromatic carbocycles. The van der Waals surface area contributed by atoms with Crippen molar-refractivity contribution in [1.82, 2.24) is 4.98 Å². The van der Waals surface area contributed by atoms with Gasteiger partial charge in [-0.15, -0.1) is 0 Å². The minimum absolute atomic E-state index is 0.0291. The highest BCUT2D eigenvalue weighted by atomic mass is 19.4. The number of amides is 2. The zero-order valence-corrected chi connectivity index (χ0v) is 25.9. The fraction of sp³-hybridized carbons (Fsp3) is 0.400. The minimum Gasteiger partial charge on any atom is -0.459 e. The number of benzene rings is 1. The average Bonchev–Trinajstić information content (AvgIpc) is 3.74. The van der Waals surface area contributed by atoms with E-state index in [0.29, 0.717) is 47.1 Å². The molecule has 7 nitrogen and oxygen atoms in total. The lowest BCUT2D eigenvalue weighted by atomic mass is 9.67. The maximum atomic E-state index is 13.9. The molecular formula is C35H32F6N2O5. The summed E-state index contributed by atoms with van der Waals surface area (Å²) in [5, 5.41) is 9.41. The molecule has 0 bridgehead atoms. The molecule has 6 rings (SSSR count). The zero-order valence-electron chi connectivity index (χ0n) is 25.9. The summed E-state index contributed by atoms with van der Waals surface area (Å²) in [5.41, 5.74) is -0.686. The SMILES string of the molecule is CC(C)C1=C2[C@@H](CC/C(=C/c3ccc(CO)o3)c3ccccn3)OC[C@@H]2[C@@H]2C(=O)N(c3cc(C(F)(F)F)cc(C(F)(F)F)c3)C(=O)[C@@H]2C1. The first kappa shape index (κ1) is 33.7. The number of hydrogen-bond donors (Lipinski definition) is 1. The topological polar surface area (TPSA) is 92.9 Å². The van der Waals surface area contributed by atoms with Gasteiger partial charge in [0.15, 0.2) is 0 Å². The largest absolute Gasteiger partial charge is 0.459 e. The van der Waals surface area contributed by atoms with Crippen LogP contribution in [0.25, 0.3) is 11.6 Å². The van der Waals surface area contributed by atoms with E-state index in [1.54, 1.807) is 24.4 Å². The van der Waals surface area contributed by atoms with Crippen LogP contribution >= 0.6 is 0 Å². The van der Waals surface area contributed by atoms with Gasteiger partial charge in [-0.05, 0) is 84.9 Å². The number of carbonyl (C=O) groups is 2. The van der Waals surface area contributed by atoms with Gasteiger partial charge in [-0.3, -0.25) is 14.6 Å². The normalized spacial score (nSPS) is 23.4. The molecule has 1 N–H and O–H groups in total. The Labute approximate surface area is 271 Å². The molecule has 2 fully saturated rings. The summed E-state index contributed by atoms with van der Waals surface area (Å²) in [5.74, 6) is -3.31. The van der Waals surface area contributed by atoms with Crippen LogP contribution in [0, 0.1) is 23.7 Å². The van der Waals surface area contributed by atoms with Crippen molar-refractivity contribution >= 4 is 29.2 Å². The summed E-state index contributed by atoms with van der Waals surface area (Å²) in [6, 6.07) is 9.68. The second-order valence-corrected chi connectivity index (χ2v) is 12.6. The number of carbonyl (C=O) groups excluding carboxylic acids is 2. The first-order valence-electron chi connectivity index (χ1n) is 15.5. The van der Waals surface area contributed by atoms with Crippen LogP contribution in [-0.4, -0.2) is 34.6 Å². The third kappa shape index (κ3) is 6.33. The number of fused-ring (bicyclic) bond motifs is 3. The van der Waals surface area contributed by atoms with E-state index >= 15 is 0 Å². The number of halogens is 6. The highest BCUT2D eigenvalue weighted by molar-refractivity contribution is 6.22. The standard InChI is InChI=1S/C35H32F6N2O5/c1-18(2)25-15-26-31(33(46)43(32(26)45)22-13-20(34(36,37)38)12-21(14-22)35(39,40)41)27-17-47-29(30(25)27)9-6-19(28-5-3-4-10-42-28)11-23-7-8-24(16-44)48-23/h3-5,7-8,10-14,18,26-27,29,31,44H,6,9,15-17H2,1-2H3/b19-11-/t26-,27+,29-,31-/m1/s1. The van der Waals surface area contributed by atoms with Crippen LogP contribution in [0.15, 0.2) is 70.3 Å². The van der Waals surface area contributed by atoms with Crippen molar-refractivity contribution in [1.29, 1.82) is 0 Å². The fourth-order valence-corrected chi connectivity index (χ4v) is 7.12. The summed E-state index contributed by atoms with van der Waals surface area (Å²) >= 11 is 0. The van der Waals surface area contributed by atoms with E-state index in [1.165, 1.54) is 0 Å². The Morgan fingerprint density at radius 1 is 1.00 bits per heavy atom. The maximum absolute atomic E-state index is 13.9. The fourth-order valence-electron chi connectivity index (χ4n) is 7.12. The summed E-state index contributed by atoms with van der Waals surface area (Å²) in [7, 11) is 0. The molecule has 2 saturated heterocycles. The minimum atomic E-state index is -5.14. The zero-order chi connectivity index (χ0) is 34.5. The molecule has 0 radical (unpaired) electrons. The molecule has 4 heterocycles. The lowest BCUT2D eigenvalue weighted by Crippen LogP contribution is -2.35. The third-order valence-corrected chi connectivity index (χ3v) is 9.30. The van der Waals surface area contributed by atoms with Crippen LogP contribution in [-0.2, 0) is 33.3 Å². The smallest absolute Gasteiger partial charge is 0.416 e. The highest BCUT2D eigenvalue weighted by Crippen LogP contribution is 2.52. The van der Waals surface area contributed by atoms with E-state index in [2.05, 4.69) is 4.98 Å². The predicted molar refractivity (Wildman–Crippen MR) is 162 cm³/mol. The second-order valence-electron chi connectivity index (χ2n) is 12.6. The van der Waals surface area contributed by atoms with Gasteiger partial charge in [-0.25, -0.2) is 4.90 Å². The molecular weight excluding hydrogens is 642 g/mol.